The molecule has 1 aliphatic rings. The maximum Gasteiger partial charge on any atom is 0.269 e. The molecule has 27 heavy (non-hydrogen) atoms. The molecule has 1 saturated heterocycles. The fourth-order valence-corrected chi connectivity index (χ4v) is 3.28. The highest BCUT2D eigenvalue weighted by Crippen LogP contribution is 2.24. The number of hydrogen-bond acceptors (Lipinski definition) is 3. The van der Waals surface area contributed by atoms with Crippen LogP contribution in [-0.2, 0) is 0 Å². The average Bonchev–Trinajstić information content (AvgIpc) is 3.16. The molecule has 1 N–H and O–H groups in total. The molecule has 0 aliphatic carbocycles. The van der Waals surface area contributed by atoms with Gasteiger partial charge >= 0.3 is 0 Å². The number of halogens is 1. The second kappa shape index (κ2) is 7.72. The Balaban J connectivity index is 1.70. The lowest BCUT2D eigenvalue weighted by Crippen LogP contribution is -2.45. The third kappa shape index (κ3) is 3.90. The second-order valence-corrected chi connectivity index (χ2v) is 6.67. The Bertz CT molecular complexity index is 915. The molecule has 1 aliphatic heterocycles. The monoisotopic (exact) mass is 364 g/mol. The molecule has 0 radical (unpaired) electrons. The molecular formula is C21H21FN4O. The summed E-state index contributed by atoms with van der Waals surface area (Å²) in [5, 5.41) is 6.57. The standard InChI is InChI=1S/C21H21FN4O/c22-17-11-9-16(10-12-17)20-19(21(27)24-25-13-5-2-6-14-25)15-26(23-20)18-7-3-1-4-8-18/h1,3-4,7-12,15H,2,5-6,13-14H2,(H,24,27). The minimum Gasteiger partial charge on any atom is -0.285 e. The van der Waals surface area contributed by atoms with E-state index in [1.54, 1.807) is 23.0 Å². The molecule has 138 valence electrons. The van der Waals surface area contributed by atoms with Crippen LogP contribution in [-0.4, -0.2) is 33.8 Å². The van der Waals surface area contributed by atoms with Gasteiger partial charge in [-0.15, -0.1) is 0 Å². The fourth-order valence-electron chi connectivity index (χ4n) is 3.28. The first-order chi connectivity index (χ1) is 13.2. The van der Waals surface area contributed by atoms with Crippen molar-refractivity contribution in [2.24, 2.45) is 0 Å². The van der Waals surface area contributed by atoms with Crippen molar-refractivity contribution in [2.75, 3.05) is 13.1 Å². The van der Waals surface area contributed by atoms with Crippen LogP contribution in [0, 0.1) is 5.82 Å². The number of hydrazine groups is 1. The molecule has 0 bridgehead atoms. The Morgan fingerprint density at radius 3 is 2.37 bits per heavy atom. The van der Waals surface area contributed by atoms with Gasteiger partial charge < -0.3 is 0 Å². The van der Waals surface area contributed by atoms with Gasteiger partial charge in [0, 0.05) is 24.8 Å². The third-order valence-corrected chi connectivity index (χ3v) is 4.71. The molecule has 3 aromatic rings. The molecule has 0 atom stereocenters. The predicted octanol–water partition coefficient (Wildman–Crippen LogP) is 3.81. The Morgan fingerprint density at radius 2 is 1.67 bits per heavy atom. The smallest absolute Gasteiger partial charge is 0.269 e. The highest BCUT2D eigenvalue weighted by atomic mass is 19.1. The average molecular weight is 364 g/mol. The van der Waals surface area contributed by atoms with Crippen molar-refractivity contribution in [3.63, 3.8) is 0 Å². The van der Waals surface area contributed by atoms with Crippen LogP contribution in [0.2, 0.25) is 0 Å². The topological polar surface area (TPSA) is 50.2 Å². The van der Waals surface area contributed by atoms with Crippen LogP contribution in [0.15, 0.2) is 60.8 Å². The predicted molar refractivity (Wildman–Crippen MR) is 102 cm³/mol. The summed E-state index contributed by atoms with van der Waals surface area (Å²) in [6, 6.07) is 15.7. The van der Waals surface area contributed by atoms with Crippen molar-refractivity contribution in [3.8, 4) is 16.9 Å². The number of hydrogen-bond donors (Lipinski definition) is 1. The van der Waals surface area contributed by atoms with Gasteiger partial charge in [-0.05, 0) is 49.2 Å². The van der Waals surface area contributed by atoms with Crippen LogP contribution in [0.5, 0.6) is 0 Å². The van der Waals surface area contributed by atoms with E-state index in [2.05, 4.69) is 10.5 Å². The SMILES string of the molecule is O=C(NN1CCCCC1)c1cn(-c2ccccc2)nc1-c1ccc(F)cc1. The molecule has 0 spiro atoms. The normalized spacial score (nSPS) is 14.9. The van der Waals surface area contributed by atoms with E-state index in [9.17, 15) is 9.18 Å². The van der Waals surface area contributed by atoms with Crippen LogP contribution in [0.3, 0.4) is 0 Å². The zero-order valence-electron chi connectivity index (χ0n) is 14.9. The summed E-state index contributed by atoms with van der Waals surface area (Å²) in [4.78, 5) is 12.9. The van der Waals surface area contributed by atoms with E-state index in [1.165, 1.54) is 18.6 Å². The minimum absolute atomic E-state index is 0.196. The summed E-state index contributed by atoms with van der Waals surface area (Å²) in [5.41, 5.74) is 5.56. The van der Waals surface area contributed by atoms with E-state index in [4.69, 9.17) is 0 Å². The minimum atomic E-state index is -0.319. The number of amides is 1. The molecule has 2 aromatic carbocycles. The fraction of sp³-hybridized carbons (Fsp3) is 0.238. The third-order valence-electron chi connectivity index (χ3n) is 4.71. The molecule has 1 fully saturated rings. The summed E-state index contributed by atoms with van der Waals surface area (Å²) in [7, 11) is 0. The molecule has 1 aromatic heterocycles. The molecular weight excluding hydrogens is 343 g/mol. The van der Waals surface area contributed by atoms with Crippen LogP contribution >= 0.6 is 0 Å². The Labute approximate surface area is 157 Å². The van der Waals surface area contributed by atoms with Crippen LogP contribution in [0.25, 0.3) is 16.9 Å². The number of aromatic nitrogens is 2. The van der Waals surface area contributed by atoms with Gasteiger partial charge in [0.05, 0.1) is 11.3 Å². The zero-order valence-corrected chi connectivity index (χ0v) is 14.9. The number of carbonyl (C=O) groups is 1. The number of benzene rings is 2. The van der Waals surface area contributed by atoms with Crippen molar-refractivity contribution in [1.29, 1.82) is 0 Å². The number of para-hydroxylation sites is 1. The van der Waals surface area contributed by atoms with E-state index in [0.29, 0.717) is 16.8 Å². The number of nitrogens with one attached hydrogen (secondary N) is 1. The van der Waals surface area contributed by atoms with Crippen molar-refractivity contribution < 1.29 is 9.18 Å². The molecule has 4 rings (SSSR count). The lowest BCUT2D eigenvalue weighted by Gasteiger charge is -2.26. The molecule has 1 amide bonds. The summed E-state index contributed by atoms with van der Waals surface area (Å²) in [6.45, 7) is 1.70. The highest BCUT2D eigenvalue weighted by molar-refractivity contribution is 5.99. The van der Waals surface area contributed by atoms with Crippen molar-refractivity contribution in [3.05, 3.63) is 72.2 Å². The molecule has 2 heterocycles. The van der Waals surface area contributed by atoms with E-state index >= 15 is 0 Å². The van der Waals surface area contributed by atoms with E-state index in [0.717, 1.165) is 31.6 Å². The number of rotatable bonds is 4. The van der Waals surface area contributed by atoms with Gasteiger partial charge in [0.15, 0.2) is 0 Å². The van der Waals surface area contributed by atoms with Gasteiger partial charge in [-0.25, -0.2) is 14.1 Å². The molecule has 6 heteroatoms. The van der Waals surface area contributed by atoms with Gasteiger partial charge in [0.1, 0.15) is 11.5 Å². The van der Waals surface area contributed by atoms with Crippen molar-refractivity contribution in [2.45, 2.75) is 19.3 Å². The van der Waals surface area contributed by atoms with E-state index in [1.807, 2.05) is 35.3 Å². The second-order valence-electron chi connectivity index (χ2n) is 6.67. The Hall–Kier alpha value is -2.99. The van der Waals surface area contributed by atoms with Gasteiger partial charge in [-0.1, -0.05) is 24.6 Å². The summed E-state index contributed by atoms with van der Waals surface area (Å²) < 4.78 is 15.0. The van der Waals surface area contributed by atoms with Crippen LogP contribution < -0.4 is 5.43 Å². The highest BCUT2D eigenvalue weighted by Gasteiger charge is 2.21. The summed E-state index contributed by atoms with van der Waals surface area (Å²) >= 11 is 0. The van der Waals surface area contributed by atoms with Gasteiger partial charge in [-0.2, -0.15) is 5.10 Å². The van der Waals surface area contributed by atoms with Gasteiger partial charge in [-0.3, -0.25) is 10.2 Å². The van der Waals surface area contributed by atoms with Crippen LogP contribution in [0.1, 0.15) is 29.6 Å². The lowest BCUT2D eigenvalue weighted by atomic mass is 10.1. The van der Waals surface area contributed by atoms with E-state index < -0.39 is 0 Å². The Kier molecular flexibility index (Phi) is 4.98. The number of carbonyl (C=O) groups excluding carboxylic acids is 1. The maximum atomic E-state index is 13.3. The summed E-state index contributed by atoms with van der Waals surface area (Å²) in [5.74, 6) is -0.515. The largest absolute Gasteiger partial charge is 0.285 e. The molecule has 0 saturated carbocycles. The zero-order chi connectivity index (χ0) is 18.6. The first-order valence-corrected chi connectivity index (χ1v) is 9.18. The van der Waals surface area contributed by atoms with Crippen LogP contribution in [0.4, 0.5) is 4.39 Å². The van der Waals surface area contributed by atoms with Gasteiger partial charge in [0.2, 0.25) is 0 Å². The first-order valence-electron chi connectivity index (χ1n) is 9.18. The first kappa shape index (κ1) is 17.4. The van der Waals surface area contributed by atoms with E-state index in [-0.39, 0.29) is 11.7 Å². The van der Waals surface area contributed by atoms with Crippen molar-refractivity contribution >= 4 is 5.91 Å². The maximum absolute atomic E-state index is 13.3. The molecule has 5 nitrogen and oxygen atoms in total. The lowest BCUT2D eigenvalue weighted by molar-refractivity contribution is 0.0750. The Morgan fingerprint density at radius 1 is 0.963 bits per heavy atom. The number of nitrogens with zero attached hydrogens (tertiary/aromatic N) is 3. The molecule has 0 unspecified atom stereocenters. The quantitative estimate of drug-likeness (QED) is 0.766. The number of piperidine rings is 1. The van der Waals surface area contributed by atoms with Gasteiger partial charge in [0.25, 0.3) is 5.91 Å². The summed E-state index contributed by atoms with van der Waals surface area (Å²) in [6.07, 6.45) is 5.08. The van der Waals surface area contributed by atoms with Crippen molar-refractivity contribution in [1.82, 2.24) is 20.2 Å².